The predicted molar refractivity (Wildman–Crippen MR) is 104 cm³/mol. The first-order chi connectivity index (χ1) is 11.9. The fourth-order valence-electron chi connectivity index (χ4n) is 3.79. The van der Waals surface area contributed by atoms with Crippen LogP contribution in [0.15, 0.2) is 54.9 Å². The molecule has 2 aromatic heterocycles. The van der Waals surface area contributed by atoms with Gasteiger partial charge in [0.2, 0.25) is 0 Å². The summed E-state index contributed by atoms with van der Waals surface area (Å²) in [6, 6.07) is 13.8. The van der Waals surface area contributed by atoms with Crippen LogP contribution < -0.4 is 0 Å². The molecule has 0 saturated heterocycles. The fraction of sp³-hybridized carbons (Fsp3) is 0.286. The lowest BCUT2D eigenvalue weighted by Gasteiger charge is -2.47. The number of hydrogen-bond acceptors (Lipinski definition) is 3. The summed E-state index contributed by atoms with van der Waals surface area (Å²) in [5.74, 6) is 0. The Hall–Kier alpha value is -1.68. The summed E-state index contributed by atoms with van der Waals surface area (Å²) in [7, 11) is 0. The maximum absolute atomic E-state index is 11.9. The molecule has 0 bridgehead atoms. The van der Waals surface area contributed by atoms with E-state index in [1.54, 1.807) is 11.3 Å². The molecule has 1 aliphatic carbocycles. The molecule has 4 rings (SSSR count). The summed E-state index contributed by atoms with van der Waals surface area (Å²) in [6.07, 6.45) is 5.55. The summed E-state index contributed by atoms with van der Waals surface area (Å²) < 4.78 is 0. The smallest absolute Gasteiger partial charge is 0.121 e. The van der Waals surface area contributed by atoms with Crippen molar-refractivity contribution in [3.05, 3.63) is 75.9 Å². The van der Waals surface area contributed by atoms with Gasteiger partial charge < -0.3 is 5.11 Å². The number of halogens is 1. The van der Waals surface area contributed by atoms with Crippen molar-refractivity contribution in [2.75, 3.05) is 0 Å². The molecule has 1 aliphatic rings. The van der Waals surface area contributed by atoms with Crippen LogP contribution >= 0.6 is 22.9 Å². The number of aliphatic hydroxyl groups is 1. The molecule has 25 heavy (non-hydrogen) atoms. The maximum Gasteiger partial charge on any atom is 0.121 e. The van der Waals surface area contributed by atoms with E-state index in [0.29, 0.717) is 5.02 Å². The quantitative estimate of drug-likeness (QED) is 0.631. The molecular weight excluding hydrogens is 350 g/mol. The Morgan fingerprint density at radius 1 is 1.08 bits per heavy atom. The molecule has 1 N–H and O–H groups in total. The molecule has 0 radical (unpaired) electrons. The Labute approximate surface area is 157 Å². The maximum atomic E-state index is 11.9. The van der Waals surface area contributed by atoms with Crippen molar-refractivity contribution < 1.29 is 5.11 Å². The van der Waals surface area contributed by atoms with Crippen molar-refractivity contribution in [2.45, 2.75) is 32.3 Å². The Kier molecular flexibility index (Phi) is 3.99. The molecule has 0 fully saturated rings. The zero-order chi connectivity index (χ0) is 17.7. The van der Waals surface area contributed by atoms with Crippen LogP contribution in [0, 0.1) is 5.41 Å². The number of aromatic nitrogens is 1. The van der Waals surface area contributed by atoms with Gasteiger partial charge in [-0.2, -0.15) is 0 Å². The van der Waals surface area contributed by atoms with Crippen LogP contribution in [-0.2, 0) is 12.0 Å². The van der Waals surface area contributed by atoms with Gasteiger partial charge >= 0.3 is 0 Å². The summed E-state index contributed by atoms with van der Waals surface area (Å²) in [6.45, 7) is 4.29. The number of fused-ring (bicyclic) bond motifs is 1. The van der Waals surface area contributed by atoms with E-state index in [2.05, 4.69) is 24.9 Å². The highest BCUT2D eigenvalue weighted by Gasteiger charge is 2.50. The largest absolute Gasteiger partial charge is 0.380 e. The lowest BCUT2D eigenvalue weighted by molar-refractivity contribution is -0.0486. The van der Waals surface area contributed by atoms with Crippen molar-refractivity contribution >= 4 is 22.9 Å². The van der Waals surface area contributed by atoms with E-state index in [0.717, 1.165) is 29.5 Å². The molecular formula is C21H20ClNOS. The Bertz CT molecular complexity index is 901. The molecule has 0 aliphatic heterocycles. The SMILES string of the molecule is CC1(C)CCc2sc(-c3ccncc3)cc2C1(O)c1ccc(Cl)cc1. The number of hydrogen-bond donors (Lipinski definition) is 1. The minimum Gasteiger partial charge on any atom is -0.380 e. The van der Waals surface area contributed by atoms with Crippen molar-refractivity contribution in [2.24, 2.45) is 5.41 Å². The Morgan fingerprint density at radius 3 is 2.44 bits per heavy atom. The van der Waals surface area contributed by atoms with Gasteiger partial charge in [-0.1, -0.05) is 37.6 Å². The number of thiophene rings is 1. The van der Waals surface area contributed by atoms with Crippen molar-refractivity contribution in [3.8, 4) is 10.4 Å². The second-order valence-electron chi connectivity index (χ2n) is 7.28. The van der Waals surface area contributed by atoms with E-state index in [1.165, 1.54) is 9.75 Å². The highest BCUT2D eigenvalue weighted by atomic mass is 35.5. The molecule has 1 aromatic carbocycles. The molecule has 4 heteroatoms. The van der Waals surface area contributed by atoms with E-state index in [9.17, 15) is 5.11 Å². The van der Waals surface area contributed by atoms with Gasteiger partial charge in [0.1, 0.15) is 5.60 Å². The first-order valence-electron chi connectivity index (χ1n) is 8.44. The van der Waals surface area contributed by atoms with E-state index >= 15 is 0 Å². The zero-order valence-electron chi connectivity index (χ0n) is 14.3. The Morgan fingerprint density at radius 2 is 1.76 bits per heavy atom. The number of rotatable bonds is 2. The van der Waals surface area contributed by atoms with Crippen LogP contribution in [0.2, 0.25) is 5.02 Å². The standard InChI is InChI=1S/C21H20ClNOS/c1-20(2)10-7-18-17(13-19(25-18)14-8-11-23-12-9-14)21(20,24)15-3-5-16(22)6-4-15/h3-6,8-9,11-13,24H,7,10H2,1-2H3. The third-order valence-corrected chi connectivity index (χ3v) is 6.88. The number of aryl methyl sites for hydroxylation is 1. The average Bonchev–Trinajstić information content (AvgIpc) is 3.05. The van der Waals surface area contributed by atoms with E-state index in [-0.39, 0.29) is 5.41 Å². The summed E-state index contributed by atoms with van der Waals surface area (Å²) in [5.41, 5.74) is 1.80. The fourth-order valence-corrected chi connectivity index (χ4v) is 5.13. The highest BCUT2D eigenvalue weighted by Crippen LogP contribution is 2.54. The van der Waals surface area contributed by atoms with Gasteiger partial charge in [-0.05, 0) is 54.3 Å². The van der Waals surface area contributed by atoms with E-state index < -0.39 is 5.60 Å². The normalized spacial score (nSPS) is 21.8. The number of pyridine rings is 1. The third kappa shape index (κ3) is 2.62. The number of nitrogens with zero attached hydrogens (tertiary/aromatic N) is 1. The molecule has 3 aromatic rings. The summed E-state index contributed by atoms with van der Waals surface area (Å²) in [5, 5.41) is 12.6. The molecule has 2 nitrogen and oxygen atoms in total. The predicted octanol–water partition coefficient (Wildman–Crippen LogP) is 5.67. The van der Waals surface area contributed by atoms with Crippen molar-refractivity contribution in [1.29, 1.82) is 0 Å². The third-order valence-electron chi connectivity index (χ3n) is 5.38. The molecule has 0 amide bonds. The van der Waals surface area contributed by atoms with Crippen LogP contribution in [0.4, 0.5) is 0 Å². The highest BCUT2D eigenvalue weighted by molar-refractivity contribution is 7.15. The lowest BCUT2D eigenvalue weighted by Crippen LogP contribution is -2.46. The van der Waals surface area contributed by atoms with Crippen LogP contribution in [0.1, 0.15) is 36.3 Å². The zero-order valence-corrected chi connectivity index (χ0v) is 15.9. The van der Waals surface area contributed by atoms with Gasteiger partial charge in [-0.15, -0.1) is 11.3 Å². The number of benzene rings is 1. The van der Waals surface area contributed by atoms with Gasteiger partial charge in [-0.25, -0.2) is 0 Å². The molecule has 128 valence electrons. The minimum atomic E-state index is -1.02. The van der Waals surface area contributed by atoms with Gasteiger partial charge in [0.15, 0.2) is 0 Å². The molecule has 1 unspecified atom stereocenters. The summed E-state index contributed by atoms with van der Waals surface area (Å²) >= 11 is 7.84. The minimum absolute atomic E-state index is 0.260. The van der Waals surface area contributed by atoms with Crippen LogP contribution in [-0.4, -0.2) is 10.1 Å². The van der Waals surface area contributed by atoms with E-state index in [4.69, 9.17) is 11.6 Å². The average molecular weight is 370 g/mol. The Balaban J connectivity index is 1.90. The van der Waals surface area contributed by atoms with Crippen LogP contribution in [0.3, 0.4) is 0 Å². The second-order valence-corrected chi connectivity index (χ2v) is 8.86. The van der Waals surface area contributed by atoms with Crippen molar-refractivity contribution in [1.82, 2.24) is 4.98 Å². The van der Waals surface area contributed by atoms with Crippen LogP contribution in [0.5, 0.6) is 0 Å². The summed E-state index contributed by atoms with van der Waals surface area (Å²) in [4.78, 5) is 6.55. The first kappa shape index (κ1) is 16.8. The monoisotopic (exact) mass is 369 g/mol. The molecule has 1 atom stereocenters. The van der Waals surface area contributed by atoms with Gasteiger partial charge in [0.25, 0.3) is 0 Å². The van der Waals surface area contributed by atoms with Crippen LogP contribution in [0.25, 0.3) is 10.4 Å². The molecule has 2 heterocycles. The van der Waals surface area contributed by atoms with Gasteiger partial charge in [0, 0.05) is 38.1 Å². The molecule has 0 saturated carbocycles. The molecule has 0 spiro atoms. The lowest BCUT2D eigenvalue weighted by atomic mass is 9.62. The van der Waals surface area contributed by atoms with E-state index in [1.807, 2.05) is 48.8 Å². The van der Waals surface area contributed by atoms with Gasteiger partial charge in [-0.3, -0.25) is 4.98 Å². The second kappa shape index (κ2) is 5.94. The van der Waals surface area contributed by atoms with Gasteiger partial charge in [0.05, 0.1) is 0 Å². The van der Waals surface area contributed by atoms with Crippen molar-refractivity contribution in [3.63, 3.8) is 0 Å². The topological polar surface area (TPSA) is 33.1 Å². The first-order valence-corrected chi connectivity index (χ1v) is 9.63.